The molecule has 1 aromatic heterocycles. The second kappa shape index (κ2) is 11.0. The first-order valence-corrected chi connectivity index (χ1v) is 16.1. The van der Waals surface area contributed by atoms with Crippen LogP contribution >= 0.6 is 0 Å². The Morgan fingerprint density at radius 1 is 0.542 bits per heavy atom. The molecular weight excluding hydrogens is 585 g/mol. The van der Waals surface area contributed by atoms with Crippen LogP contribution in [0.3, 0.4) is 0 Å². The molecule has 0 N–H and O–H groups in total. The molecule has 0 saturated carbocycles. The summed E-state index contributed by atoms with van der Waals surface area (Å²) in [5.74, 6) is 0.208. The van der Waals surface area contributed by atoms with Crippen molar-refractivity contribution in [2.24, 2.45) is 0 Å². The summed E-state index contributed by atoms with van der Waals surface area (Å²) in [5, 5.41) is 23.2. The van der Waals surface area contributed by atoms with E-state index in [1.165, 1.54) is 27.4 Å². The summed E-state index contributed by atoms with van der Waals surface area (Å²) in [6, 6.07) is 50.9. The second-order valence-electron chi connectivity index (χ2n) is 12.3. The highest BCUT2D eigenvalue weighted by molar-refractivity contribution is 6.09. The molecule has 1 aliphatic heterocycles. The van der Waals surface area contributed by atoms with E-state index in [9.17, 15) is 10.5 Å². The highest BCUT2D eigenvalue weighted by atomic mass is 15.2. The van der Waals surface area contributed by atoms with Crippen LogP contribution in [-0.2, 0) is 0 Å². The molecule has 224 valence electrons. The molecule has 0 radical (unpaired) electrons. The molecule has 7 aromatic rings. The van der Waals surface area contributed by atoms with Crippen LogP contribution in [0.15, 0.2) is 158 Å². The van der Waals surface area contributed by atoms with Gasteiger partial charge in [-0.25, -0.2) is 0 Å². The topological polar surface area (TPSA) is 55.8 Å². The Morgan fingerprint density at radius 3 is 1.94 bits per heavy atom. The van der Waals surface area contributed by atoms with Gasteiger partial charge in [-0.05, 0) is 71.3 Å². The Balaban J connectivity index is 1.18. The van der Waals surface area contributed by atoms with Gasteiger partial charge in [0.2, 0.25) is 0 Å². The van der Waals surface area contributed by atoms with Crippen molar-refractivity contribution in [3.63, 3.8) is 0 Å². The van der Waals surface area contributed by atoms with Gasteiger partial charge in [-0.3, -0.25) is 0 Å². The van der Waals surface area contributed by atoms with E-state index in [1.54, 1.807) is 0 Å². The molecule has 0 spiro atoms. The third-order valence-corrected chi connectivity index (χ3v) is 9.83. The standard InChI is InChI=1S/C44H28N4/c45-27-31-21-20-30(29-22-24-33(25-23-29)47-39-15-5-1-11-34(39)35-12-2-6-16-40(35)47)26-38(31)44-32(28-46)10-9-19-43(44)48-41-17-7-3-13-36(41)37-14-4-8-18-42(37)48/h1-26,36,41H. The number of aromatic nitrogens is 1. The number of para-hydroxylation sites is 3. The van der Waals surface area contributed by atoms with Crippen LogP contribution in [0.25, 0.3) is 49.7 Å². The zero-order chi connectivity index (χ0) is 32.2. The lowest BCUT2D eigenvalue weighted by Gasteiger charge is -2.31. The molecule has 4 heteroatoms. The third-order valence-electron chi connectivity index (χ3n) is 9.83. The van der Waals surface area contributed by atoms with Crippen molar-refractivity contribution in [3.05, 3.63) is 174 Å². The van der Waals surface area contributed by atoms with Gasteiger partial charge in [0.05, 0.1) is 46.0 Å². The van der Waals surface area contributed by atoms with E-state index in [1.807, 2.05) is 24.3 Å². The monoisotopic (exact) mass is 612 g/mol. The van der Waals surface area contributed by atoms with Crippen LogP contribution in [0, 0.1) is 22.7 Å². The predicted molar refractivity (Wildman–Crippen MR) is 194 cm³/mol. The molecule has 0 saturated heterocycles. The summed E-state index contributed by atoms with van der Waals surface area (Å²) in [6.07, 6.45) is 8.69. The molecule has 2 unspecified atom stereocenters. The molecule has 0 fully saturated rings. The number of hydrogen-bond acceptors (Lipinski definition) is 3. The number of anilines is 2. The molecule has 2 aliphatic rings. The van der Waals surface area contributed by atoms with Gasteiger partial charge in [-0.1, -0.05) is 103 Å². The van der Waals surface area contributed by atoms with Crippen LogP contribution in [0.4, 0.5) is 11.4 Å². The normalized spacial score (nSPS) is 16.1. The Hall–Kier alpha value is -6.62. The minimum Gasteiger partial charge on any atom is -0.333 e. The number of hydrogen-bond donors (Lipinski definition) is 0. The summed E-state index contributed by atoms with van der Waals surface area (Å²) in [4.78, 5) is 2.34. The first kappa shape index (κ1) is 27.7. The van der Waals surface area contributed by atoms with Gasteiger partial charge in [-0.2, -0.15) is 10.5 Å². The fourth-order valence-corrected chi connectivity index (χ4v) is 7.72. The van der Waals surface area contributed by atoms with E-state index in [-0.39, 0.29) is 12.0 Å². The molecule has 0 bridgehead atoms. The van der Waals surface area contributed by atoms with Gasteiger partial charge in [0.25, 0.3) is 0 Å². The Kier molecular flexibility index (Phi) is 6.35. The number of nitrogens with zero attached hydrogens (tertiary/aromatic N) is 4. The van der Waals surface area contributed by atoms with Crippen LogP contribution in [-0.4, -0.2) is 10.6 Å². The summed E-state index contributed by atoms with van der Waals surface area (Å²) in [6.45, 7) is 0. The minimum atomic E-state index is 0.0715. The molecule has 2 atom stereocenters. The lowest BCUT2D eigenvalue weighted by atomic mass is 9.89. The first-order valence-electron chi connectivity index (χ1n) is 16.1. The predicted octanol–water partition coefficient (Wildman–Crippen LogP) is 10.6. The molecule has 1 aliphatic carbocycles. The lowest BCUT2D eigenvalue weighted by Crippen LogP contribution is -2.29. The van der Waals surface area contributed by atoms with Crippen LogP contribution in [0.5, 0.6) is 0 Å². The van der Waals surface area contributed by atoms with Crippen molar-refractivity contribution in [3.8, 4) is 40.1 Å². The summed E-state index contributed by atoms with van der Waals surface area (Å²) in [7, 11) is 0. The van der Waals surface area contributed by atoms with Gasteiger partial charge in [-0.15, -0.1) is 0 Å². The SMILES string of the molecule is N#Cc1ccc(-c2ccc(-n3c4ccccc4c4ccccc43)cc2)cc1-c1c(C#N)cccc1N1c2ccccc2C2C=CC=CC21. The second-order valence-corrected chi connectivity index (χ2v) is 12.3. The third kappa shape index (κ3) is 4.14. The highest BCUT2D eigenvalue weighted by Gasteiger charge is 2.38. The maximum Gasteiger partial charge on any atom is 0.0998 e. The van der Waals surface area contributed by atoms with Crippen molar-refractivity contribution in [2.45, 2.75) is 12.0 Å². The lowest BCUT2D eigenvalue weighted by molar-refractivity contribution is 0.745. The van der Waals surface area contributed by atoms with Crippen molar-refractivity contribution < 1.29 is 0 Å². The first-order chi connectivity index (χ1) is 23.7. The molecule has 2 heterocycles. The molecule has 0 amide bonds. The van der Waals surface area contributed by atoms with E-state index in [2.05, 4.69) is 155 Å². The molecule has 4 nitrogen and oxygen atoms in total. The maximum atomic E-state index is 10.4. The Labute approximate surface area is 279 Å². The Bertz CT molecular complexity index is 2500. The largest absolute Gasteiger partial charge is 0.333 e. The van der Waals surface area contributed by atoms with Crippen molar-refractivity contribution >= 4 is 33.2 Å². The van der Waals surface area contributed by atoms with E-state index in [0.717, 1.165) is 39.3 Å². The van der Waals surface area contributed by atoms with E-state index in [0.29, 0.717) is 11.1 Å². The Morgan fingerprint density at radius 2 is 1.19 bits per heavy atom. The summed E-state index contributed by atoms with van der Waals surface area (Å²) < 4.78 is 2.31. The molecular formula is C44H28N4. The van der Waals surface area contributed by atoms with Gasteiger partial charge in [0, 0.05) is 39.2 Å². The average Bonchev–Trinajstić information content (AvgIpc) is 3.67. The van der Waals surface area contributed by atoms with Crippen LogP contribution in [0.1, 0.15) is 22.6 Å². The van der Waals surface area contributed by atoms with Gasteiger partial charge >= 0.3 is 0 Å². The molecule has 9 rings (SSSR count). The van der Waals surface area contributed by atoms with E-state index >= 15 is 0 Å². The zero-order valence-electron chi connectivity index (χ0n) is 26.0. The van der Waals surface area contributed by atoms with E-state index < -0.39 is 0 Å². The van der Waals surface area contributed by atoms with Gasteiger partial charge in [0.1, 0.15) is 0 Å². The maximum absolute atomic E-state index is 10.4. The fourth-order valence-electron chi connectivity index (χ4n) is 7.72. The number of allylic oxidation sites excluding steroid dienone is 2. The van der Waals surface area contributed by atoms with Crippen molar-refractivity contribution in [1.82, 2.24) is 4.57 Å². The number of benzene rings is 6. The van der Waals surface area contributed by atoms with Crippen LogP contribution in [0.2, 0.25) is 0 Å². The molecule has 6 aromatic carbocycles. The number of nitriles is 2. The van der Waals surface area contributed by atoms with Crippen molar-refractivity contribution in [2.75, 3.05) is 4.90 Å². The smallest absolute Gasteiger partial charge is 0.0998 e. The number of fused-ring (bicyclic) bond motifs is 6. The van der Waals surface area contributed by atoms with E-state index in [4.69, 9.17) is 0 Å². The van der Waals surface area contributed by atoms with Gasteiger partial charge < -0.3 is 9.47 Å². The zero-order valence-corrected chi connectivity index (χ0v) is 26.0. The number of rotatable bonds is 4. The van der Waals surface area contributed by atoms with Gasteiger partial charge in [0.15, 0.2) is 0 Å². The summed E-state index contributed by atoms with van der Waals surface area (Å²) >= 11 is 0. The fraction of sp³-hybridized carbons (Fsp3) is 0.0455. The average molecular weight is 613 g/mol. The highest BCUT2D eigenvalue weighted by Crippen LogP contribution is 2.51. The molecule has 48 heavy (non-hydrogen) atoms. The minimum absolute atomic E-state index is 0.0715. The van der Waals surface area contributed by atoms with Crippen molar-refractivity contribution in [1.29, 1.82) is 10.5 Å². The quantitative estimate of drug-likeness (QED) is 0.199. The summed E-state index contributed by atoms with van der Waals surface area (Å²) in [5.41, 5.74) is 11.3. The van der Waals surface area contributed by atoms with Crippen LogP contribution < -0.4 is 4.90 Å².